The Balaban J connectivity index is 2.03. The molecule has 1 aliphatic rings. The van der Waals surface area contributed by atoms with Gasteiger partial charge in [0.2, 0.25) is 12.1 Å². The number of halogens is 1. The summed E-state index contributed by atoms with van der Waals surface area (Å²) in [5, 5.41) is 8.05. The van der Waals surface area contributed by atoms with Crippen LogP contribution in [0, 0.1) is 6.92 Å². The summed E-state index contributed by atoms with van der Waals surface area (Å²) in [5.41, 5.74) is 0.679. The van der Waals surface area contributed by atoms with Gasteiger partial charge in [-0.15, -0.1) is 11.3 Å². The molecule has 1 aromatic heterocycles. The fourth-order valence-corrected chi connectivity index (χ4v) is 2.95. The van der Waals surface area contributed by atoms with E-state index in [9.17, 15) is 4.79 Å². The Hall–Kier alpha value is -0.950. The van der Waals surface area contributed by atoms with Crippen molar-refractivity contribution >= 4 is 38.9 Å². The van der Waals surface area contributed by atoms with E-state index < -0.39 is 10.6 Å². The van der Waals surface area contributed by atoms with Crippen molar-refractivity contribution < 1.29 is 9.63 Å². The summed E-state index contributed by atoms with van der Waals surface area (Å²) in [6.07, 6.45) is 2.06. The summed E-state index contributed by atoms with van der Waals surface area (Å²) in [6.45, 7) is 9.77. The number of rotatable bonds is 4. The average Bonchev–Trinajstić information content (AvgIpc) is 2.97. The normalized spacial score (nSPS) is 19.1. The molecular weight excluding hydrogens is 354 g/mol. The third-order valence-corrected chi connectivity index (χ3v) is 5.06. The van der Waals surface area contributed by atoms with Gasteiger partial charge in [0, 0.05) is 22.9 Å². The number of aromatic nitrogens is 1. The highest BCUT2D eigenvalue weighted by Crippen LogP contribution is 2.33. The van der Waals surface area contributed by atoms with Gasteiger partial charge in [-0.3, -0.25) is 4.79 Å². The first-order valence-corrected chi connectivity index (χ1v) is 8.37. The van der Waals surface area contributed by atoms with Crippen LogP contribution in [-0.2, 0) is 15.0 Å². The minimum atomic E-state index is -0.622. The third-order valence-electron chi connectivity index (χ3n) is 3.46. The monoisotopic (exact) mass is 373 g/mol. The van der Waals surface area contributed by atoms with Gasteiger partial charge in [0.1, 0.15) is 0 Å². The molecule has 1 aliphatic heterocycles. The molecule has 5 nitrogen and oxygen atoms in total. The summed E-state index contributed by atoms with van der Waals surface area (Å²) in [4.78, 5) is 22.8. The molecule has 0 fully saturated rings. The van der Waals surface area contributed by atoms with Gasteiger partial charge in [0.05, 0.1) is 15.0 Å². The second-order valence-electron chi connectivity index (χ2n) is 6.15. The molecule has 1 N–H and O–H groups in total. The Bertz CT molecular complexity index is 575. The van der Waals surface area contributed by atoms with E-state index in [1.54, 1.807) is 25.2 Å². The summed E-state index contributed by atoms with van der Waals surface area (Å²) in [7, 11) is 0. The first-order chi connectivity index (χ1) is 9.60. The Kier molecular flexibility index (Phi) is 4.44. The summed E-state index contributed by atoms with van der Waals surface area (Å²) in [5.74, 6) is -0.115. The molecule has 21 heavy (non-hydrogen) atoms. The molecule has 0 aliphatic carbocycles. The third kappa shape index (κ3) is 3.63. The van der Waals surface area contributed by atoms with Gasteiger partial charge in [-0.05, 0) is 34.6 Å². The highest BCUT2D eigenvalue weighted by Gasteiger charge is 2.37. The smallest absolute Gasteiger partial charge is 0.239 e. The van der Waals surface area contributed by atoms with Crippen LogP contribution >= 0.6 is 27.3 Å². The lowest BCUT2D eigenvalue weighted by Crippen LogP contribution is -2.44. The van der Waals surface area contributed by atoms with Crippen molar-refractivity contribution in [3.05, 3.63) is 16.1 Å². The number of thiazole rings is 1. The molecule has 1 amide bonds. The number of carbonyl (C=O) groups excluding carboxylic acids is 1. The number of hydrogen-bond donors (Lipinski definition) is 1. The van der Waals surface area contributed by atoms with Crippen LogP contribution in [0.25, 0.3) is 0 Å². The minimum Gasteiger partial charge on any atom is -0.370 e. The van der Waals surface area contributed by atoms with Crippen LogP contribution in [0.15, 0.2) is 11.4 Å². The van der Waals surface area contributed by atoms with Crippen molar-refractivity contribution in [3.63, 3.8) is 0 Å². The number of nitrogens with one attached hydrogen (secondary N) is 1. The quantitative estimate of drug-likeness (QED) is 0.824. The highest BCUT2D eigenvalue weighted by molar-refractivity contribution is 9.10. The van der Waals surface area contributed by atoms with Gasteiger partial charge in [0.15, 0.2) is 0 Å². The lowest BCUT2D eigenvalue weighted by molar-refractivity contribution is -0.126. The van der Waals surface area contributed by atoms with E-state index >= 15 is 0 Å². The van der Waals surface area contributed by atoms with Crippen LogP contribution in [0.2, 0.25) is 0 Å². The van der Waals surface area contributed by atoms with Crippen molar-refractivity contribution in [2.45, 2.75) is 57.0 Å². The largest absolute Gasteiger partial charge is 0.370 e. The van der Waals surface area contributed by atoms with E-state index in [0.29, 0.717) is 6.42 Å². The highest BCUT2D eigenvalue weighted by atomic mass is 79.9. The molecule has 0 saturated heterocycles. The van der Waals surface area contributed by atoms with E-state index in [4.69, 9.17) is 4.84 Å². The molecular formula is C14H20BrN3O2S. The zero-order chi connectivity index (χ0) is 15.8. The van der Waals surface area contributed by atoms with Gasteiger partial charge >= 0.3 is 0 Å². The molecule has 116 valence electrons. The van der Waals surface area contributed by atoms with Gasteiger partial charge < -0.3 is 10.2 Å². The second kappa shape index (κ2) is 5.68. The summed E-state index contributed by atoms with van der Waals surface area (Å²) < 4.78 is -0.622. The molecule has 2 rings (SSSR count). The fourth-order valence-electron chi connectivity index (χ4n) is 1.93. The SMILES string of the molecule is Cc1ncc(C(C)(C)C2=NOC(NC(=O)C(C)(C)Br)C2)s1. The van der Waals surface area contributed by atoms with Gasteiger partial charge in [-0.25, -0.2) is 4.98 Å². The molecule has 0 bridgehead atoms. The van der Waals surface area contributed by atoms with E-state index in [0.717, 1.165) is 15.6 Å². The molecule has 0 spiro atoms. The van der Waals surface area contributed by atoms with Crippen molar-refractivity contribution in [2.75, 3.05) is 0 Å². The second-order valence-corrected chi connectivity index (χ2v) is 9.37. The first-order valence-electron chi connectivity index (χ1n) is 6.76. The molecule has 0 aromatic carbocycles. The predicted molar refractivity (Wildman–Crippen MR) is 88.0 cm³/mol. The Morgan fingerprint density at radius 1 is 1.48 bits per heavy atom. The van der Waals surface area contributed by atoms with E-state index in [2.05, 4.69) is 45.2 Å². The van der Waals surface area contributed by atoms with Crippen molar-refractivity contribution in [2.24, 2.45) is 5.16 Å². The molecule has 2 heterocycles. The van der Waals surface area contributed by atoms with Crippen molar-refractivity contribution in [1.82, 2.24) is 10.3 Å². The molecule has 1 aromatic rings. The van der Waals surface area contributed by atoms with Crippen LogP contribution < -0.4 is 5.32 Å². The maximum Gasteiger partial charge on any atom is 0.239 e. The predicted octanol–water partition coefficient (Wildman–Crippen LogP) is 3.12. The standard InChI is InChI=1S/C14H20BrN3O2S/c1-8-16-7-10(21-8)13(2,3)9-6-11(20-18-9)17-12(19)14(4,5)15/h7,11H,6H2,1-5H3,(H,17,19). The summed E-state index contributed by atoms with van der Waals surface area (Å²) in [6, 6.07) is 0. The molecule has 1 unspecified atom stereocenters. The molecule has 1 atom stereocenters. The Morgan fingerprint density at radius 2 is 2.14 bits per heavy atom. The zero-order valence-electron chi connectivity index (χ0n) is 12.9. The van der Waals surface area contributed by atoms with Crippen LogP contribution in [0.4, 0.5) is 0 Å². The zero-order valence-corrected chi connectivity index (χ0v) is 15.3. The number of hydrogen-bond acceptors (Lipinski definition) is 5. The van der Waals surface area contributed by atoms with E-state index in [-0.39, 0.29) is 11.3 Å². The van der Waals surface area contributed by atoms with Gasteiger partial charge in [-0.2, -0.15) is 0 Å². The van der Waals surface area contributed by atoms with Crippen molar-refractivity contribution in [3.8, 4) is 0 Å². The van der Waals surface area contributed by atoms with Gasteiger partial charge in [0.25, 0.3) is 0 Å². The van der Waals surface area contributed by atoms with Crippen LogP contribution in [0.1, 0.15) is 44.0 Å². The number of aryl methyl sites for hydroxylation is 1. The lowest BCUT2D eigenvalue weighted by atomic mass is 9.84. The van der Waals surface area contributed by atoms with E-state index in [1.165, 1.54) is 0 Å². The number of oxime groups is 1. The lowest BCUT2D eigenvalue weighted by Gasteiger charge is -2.22. The number of carbonyl (C=O) groups is 1. The fraction of sp³-hybridized carbons (Fsp3) is 0.643. The Morgan fingerprint density at radius 3 is 2.67 bits per heavy atom. The van der Waals surface area contributed by atoms with Crippen molar-refractivity contribution in [1.29, 1.82) is 0 Å². The Labute approximate surface area is 137 Å². The maximum absolute atomic E-state index is 12.0. The van der Waals surface area contributed by atoms with E-state index in [1.807, 2.05) is 13.1 Å². The topological polar surface area (TPSA) is 63.6 Å². The van der Waals surface area contributed by atoms with Crippen LogP contribution in [0.5, 0.6) is 0 Å². The minimum absolute atomic E-state index is 0.115. The first kappa shape index (κ1) is 16.4. The summed E-state index contributed by atoms with van der Waals surface area (Å²) >= 11 is 4.99. The molecule has 0 radical (unpaired) electrons. The number of amides is 1. The number of nitrogens with zero attached hydrogens (tertiary/aromatic N) is 2. The molecule has 7 heteroatoms. The number of alkyl halides is 1. The average molecular weight is 374 g/mol. The van der Waals surface area contributed by atoms with Crippen LogP contribution in [-0.4, -0.2) is 27.2 Å². The van der Waals surface area contributed by atoms with Crippen LogP contribution in [0.3, 0.4) is 0 Å². The maximum atomic E-state index is 12.0. The van der Waals surface area contributed by atoms with Gasteiger partial charge in [-0.1, -0.05) is 21.1 Å². The molecule has 0 saturated carbocycles.